The summed E-state index contributed by atoms with van der Waals surface area (Å²) in [6.07, 6.45) is 4.23. The van der Waals surface area contributed by atoms with Crippen LogP contribution in [0.25, 0.3) is 11.4 Å². The van der Waals surface area contributed by atoms with E-state index in [9.17, 15) is 13.2 Å². The van der Waals surface area contributed by atoms with E-state index < -0.39 is 14.6 Å². The second-order valence-corrected chi connectivity index (χ2v) is 10.5. The monoisotopic (exact) mass is 489 g/mol. The first-order chi connectivity index (χ1) is 16.9. The minimum absolute atomic E-state index is 0.194. The summed E-state index contributed by atoms with van der Waals surface area (Å²) in [7, 11) is -3.65. The molecule has 4 aromatic rings. The minimum Gasteiger partial charge on any atom is -0.384 e. The van der Waals surface area contributed by atoms with E-state index in [0.29, 0.717) is 41.4 Å². The number of hydrogen-bond acceptors (Lipinski definition) is 7. The van der Waals surface area contributed by atoms with Gasteiger partial charge in [0.1, 0.15) is 16.4 Å². The molecule has 178 valence electrons. The van der Waals surface area contributed by atoms with Gasteiger partial charge >= 0.3 is 6.03 Å². The van der Waals surface area contributed by atoms with Gasteiger partial charge in [-0.25, -0.2) is 28.2 Å². The number of carbonyl (C=O) groups is 1. The van der Waals surface area contributed by atoms with Crippen molar-refractivity contribution in [2.24, 2.45) is 0 Å². The van der Waals surface area contributed by atoms with Crippen LogP contribution in [0, 0.1) is 0 Å². The zero-order valence-electron chi connectivity index (χ0n) is 18.6. The van der Waals surface area contributed by atoms with Crippen LogP contribution in [-0.2, 0) is 21.1 Å². The average molecular weight is 490 g/mol. The summed E-state index contributed by atoms with van der Waals surface area (Å²) in [5, 5.41) is 5.45. The van der Waals surface area contributed by atoms with Gasteiger partial charge in [0.05, 0.1) is 17.1 Å². The minimum atomic E-state index is -3.65. The molecule has 5 rings (SSSR count). The Morgan fingerprint density at radius 3 is 2.46 bits per heavy atom. The quantitative estimate of drug-likeness (QED) is 0.310. The molecule has 1 aliphatic carbocycles. The van der Waals surface area contributed by atoms with E-state index >= 15 is 0 Å². The van der Waals surface area contributed by atoms with Crippen molar-refractivity contribution in [3.8, 4) is 11.4 Å². The lowest BCUT2D eigenvalue weighted by Gasteiger charge is -2.17. The van der Waals surface area contributed by atoms with Crippen LogP contribution in [0.15, 0.2) is 78.0 Å². The number of benzene rings is 2. The Morgan fingerprint density at radius 1 is 1.06 bits per heavy atom. The first kappa shape index (κ1) is 22.5. The molecule has 2 aromatic carbocycles. The third kappa shape index (κ3) is 4.45. The Morgan fingerprint density at radius 2 is 1.80 bits per heavy atom. The molecule has 1 saturated carbocycles. The topological polar surface area (TPSA) is 156 Å². The fourth-order valence-electron chi connectivity index (χ4n) is 3.87. The number of nitrogens with zero attached hydrogens (tertiary/aromatic N) is 3. The highest BCUT2D eigenvalue weighted by atomic mass is 32.2. The molecule has 0 spiro atoms. The van der Waals surface area contributed by atoms with Crippen molar-refractivity contribution in [2.45, 2.75) is 29.0 Å². The van der Waals surface area contributed by atoms with Gasteiger partial charge in [-0.15, -0.1) is 0 Å². The number of nitrogen functional groups attached to an aromatic ring is 1. The second kappa shape index (κ2) is 8.84. The number of rotatable bonds is 7. The lowest BCUT2D eigenvalue weighted by Crippen LogP contribution is -2.28. The molecule has 0 aliphatic heterocycles. The Labute approximate surface area is 202 Å². The molecule has 35 heavy (non-hydrogen) atoms. The highest BCUT2D eigenvalue weighted by Gasteiger charge is 2.57. The highest BCUT2D eigenvalue weighted by Crippen LogP contribution is 2.54. The van der Waals surface area contributed by atoms with Gasteiger partial charge in [0.25, 0.3) is 0 Å². The van der Waals surface area contributed by atoms with Crippen molar-refractivity contribution in [1.82, 2.24) is 25.3 Å². The van der Waals surface area contributed by atoms with E-state index in [1.54, 1.807) is 67.0 Å². The Hall–Kier alpha value is -4.25. The van der Waals surface area contributed by atoms with Crippen LogP contribution in [0.5, 0.6) is 0 Å². The van der Waals surface area contributed by atoms with Gasteiger partial charge in [-0.05, 0) is 49.2 Å². The van der Waals surface area contributed by atoms with Gasteiger partial charge in [-0.1, -0.05) is 18.2 Å². The molecular formula is C24H23N7O3S. The molecule has 0 atom stereocenters. The van der Waals surface area contributed by atoms with Gasteiger partial charge < -0.3 is 21.4 Å². The van der Waals surface area contributed by atoms with Crippen molar-refractivity contribution in [1.29, 1.82) is 0 Å². The number of anilines is 2. The SMILES string of the molecule is Nc1cc(C2(S(=O)(=O)c3ccccc3)CC2)nc(-c2ccc(NC(=O)NCc3ncc[nH]3)cc2)n1. The summed E-state index contributed by atoms with van der Waals surface area (Å²) in [6.45, 7) is 0.268. The molecule has 2 heterocycles. The fraction of sp³-hybridized carbons (Fsp3) is 0.167. The molecule has 5 N–H and O–H groups in total. The molecule has 0 radical (unpaired) electrons. The van der Waals surface area contributed by atoms with Crippen molar-refractivity contribution >= 4 is 27.4 Å². The van der Waals surface area contributed by atoms with Crippen LogP contribution in [0.3, 0.4) is 0 Å². The summed E-state index contributed by atoms with van der Waals surface area (Å²) >= 11 is 0. The molecule has 0 bridgehead atoms. The molecule has 1 aliphatic rings. The molecule has 0 unspecified atom stereocenters. The number of sulfone groups is 1. The number of carbonyl (C=O) groups excluding carboxylic acids is 1. The van der Waals surface area contributed by atoms with Gasteiger partial charge in [0, 0.05) is 29.7 Å². The number of nitrogens with one attached hydrogen (secondary N) is 3. The molecular weight excluding hydrogens is 466 g/mol. The normalized spacial score (nSPS) is 14.3. The maximum Gasteiger partial charge on any atom is 0.319 e. The second-order valence-electron chi connectivity index (χ2n) is 8.23. The van der Waals surface area contributed by atoms with Gasteiger partial charge in [0.15, 0.2) is 15.7 Å². The largest absolute Gasteiger partial charge is 0.384 e. The van der Waals surface area contributed by atoms with Crippen molar-refractivity contribution in [3.05, 3.63) is 84.6 Å². The summed E-state index contributed by atoms with van der Waals surface area (Å²) < 4.78 is 25.7. The number of urea groups is 1. The summed E-state index contributed by atoms with van der Waals surface area (Å²) in [4.78, 5) is 28.2. The molecule has 10 nitrogen and oxygen atoms in total. The third-order valence-corrected chi connectivity index (χ3v) is 8.40. The zero-order chi connectivity index (χ0) is 24.5. The number of hydrogen-bond donors (Lipinski definition) is 4. The number of aromatic amines is 1. The molecule has 2 aromatic heterocycles. The lowest BCUT2D eigenvalue weighted by atomic mass is 10.1. The Balaban J connectivity index is 1.35. The van der Waals surface area contributed by atoms with Gasteiger partial charge in [-0.2, -0.15) is 0 Å². The number of nitrogens with two attached hydrogens (primary N) is 1. The summed E-state index contributed by atoms with van der Waals surface area (Å²) in [5.41, 5.74) is 7.66. The summed E-state index contributed by atoms with van der Waals surface area (Å²) in [5.74, 6) is 1.16. The highest BCUT2D eigenvalue weighted by molar-refractivity contribution is 7.92. The number of H-pyrrole nitrogens is 1. The number of amides is 2. The van der Waals surface area contributed by atoms with E-state index in [1.807, 2.05) is 0 Å². The van der Waals surface area contributed by atoms with Gasteiger partial charge in [0.2, 0.25) is 0 Å². The van der Waals surface area contributed by atoms with Gasteiger partial charge in [-0.3, -0.25) is 0 Å². The first-order valence-corrected chi connectivity index (χ1v) is 12.4. The van der Waals surface area contributed by atoms with Crippen LogP contribution in [0.4, 0.5) is 16.3 Å². The standard InChI is InChI=1S/C24H23N7O3S/c25-20-14-19(24(10-11-24)35(33,34)18-4-2-1-3-5-18)30-22(31-20)16-6-8-17(9-7-16)29-23(32)28-15-21-26-12-13-27-21/h1-9,12-14H,10-11,15H2,(H,26,27)(H2,25,30,31)(H2,28,29,32). The van der Waals surface area contributed by atoms with Crippen molar-refractivity contribution in [2.75, 3.05) is 11.1 Å². The molecule has 2 amide bonds. The van der Waals surface area contributed by atoms with E-state index in [-0.39, 0.29) is 23.3 Å². The Kier molecular flexibility index (Phi) is 5.69. The Bertz CT molecular complexity index is 1450. The van der Waals surface area contributed by atoms with Crippen molar-refractivity contribution in [3.63, 3.8) is 0 Å². The van der Waals surface area contributed by atoms with Crippen molar-refractivity contribution < 1.29 is 13.2 Å². The predicted molar refractivity (Wildman–Crippen MR) is 131 cm³/mol. The maximum atomic E-state index is 13.4. The molecule has 0 saturated heterocycles. The first-order valence-electron chi connectivity index (χ1n) is 11.0. The van der Waals surface area contributed by atoms with Crippen LogP contribution < -0.4 is 16.4 Å². The van der Waals surface area contributed by atoms with E-state index in [1.165, 1.54) is 6.07 Å². The van der Waals surface area contributed by atoms with Crippen LogP contribution in [-0.4, -0.2) is 34.4 Å². The maximum absolute atomic E-state index is 13.4. The molecule has 1 fully saturated rings. The van der Waals surface area contributed by atoms with E-state index in [0.717, 1.165) is 0 Å². The third-order valence-electron chi connectivity index (χ3n) is 5.86. The van der Waals surface area contributed by atoms with Crippen LogP contribution in [0.1, 0.15) is 24.4 Å². The number of aromatic nitrogens is 4. The molecule has 11 heteroatoms. The fourth-order valence-corrected chi connectivity index (χ4v) is 5.85. The zero-order valence-corrected chi connectivity index (χ0v) is 19.4. The van der Waals surface area contributed by atoms with E-state index in [2.05, 4.69) is 30.6 Å². The smallest absolute Gasteiger partial charge is 0.319 e. The average Bonchev–Trinajstić information content (AvgIpc) is 3.53. The predicted octanol–water partition coefficient (Wildman–Crippen LogP) is 3.23. The lowest BCUT2D eigenvalue weighted by molar-refractivity contribution is 0.251. The van der Waals surface area contributed by atoms with E-state index in [4.69, 9.17) is 5.73 Å². The number of imidazole rings is 1. The van der Waals surface area contributed by atoms with Crippen LogP contribution >= 0.6 is 0 Å². The summed E-state index contributed by atoms with van der Waals surface area (Å²) in [6, 6.07) is 16.4. The van der Waals surface area contributed by atoms with Crippen LogP contribution in [0.2, 0.25) is 0 Å².